The number of aryl methyl sites for hydroxylation is 1. The van der Waals surface area contributed by atoms with Gasteiger partial charge in [-0.15, -0.1) is 11.6 Å². The van der Waals surface area contributed by atoms with Crippen molar-refractivity contribution in [2.45, 2.75) is 32.6 Å². The number of ether oxygens (including phenoxy) is 1. The van der Waals surface area contributed by atoms with Crippen molar-refractivity contribution >= 4 is 55.9 Å². The number of anilines is 2. The maximum atomic E-state index is 13.0. The maximum absolute atomic E-state index is 13.0. The second kappa shape index (κ2) is 10.9. The Hall–Kier alpha value is -4.00. The molecule has 0 fully saturated rings. The molecule has 0 aliphatic heterocycles. The van der Waals surface area contributed by atoms with Gasteiger partial charge in [0.25, 0.3) is 5.91 Å². The molecule has 0 spiro atoms. The zero-order valence-corrected chi connectivity index (χ0v) is 22.0. The summed E-state index contributed by atoms with van der Waals surface area (Å²) >= 11 is 6.77. The lowest BCUT2D eigenvalue weighted by atomic mass is 9.85. The van der Waals surface area contributed by atoms with Crippen molar-refractivity contribution in [2.75, 3.05) is 16.5 Å². The first-order chi connectivity index (χ1) is 17.7. The van der Waals surface area contributed by atoms with Gasteiger partial charge in [0.15, 0.2) is 5.13 Å². The molecule has 2 heterocycles. The minimum Gasteiger partial charge on any atom is -0.439 e. The molecule has 188 valence electrons. The minimum absolute atomic E-state index is 0.159. The number of benzene rings is 2. The third-order valence-electron chi connectivity index (χ3n) is 5.64. The Kier molecular flexibility index (Phi) is 7.71. The van der Waals surface area contributed by atoms with Crippen LogP contribution in [0.25, 0.3) is 10.3 Å². The molecule has 2 aromatic heterocycles. The second-order valence-electron chi connectivity index (χ2n) is 8.72. The summed E-state index contributed by atoms with van der Waals surface area (Å²) in [5.74, 6) is 0.126. The van der Waals surface area contributed by atoms with E-state index in [-0.39, 0.29) is 17.7 Å². The highest BCUT2D eigenvalue weighted by atomic mass is 35.5. The van der Waals surface area contributed by atoms with E-state index in [1.54, 1.807) is 36.4 Å². The Morgan fingerprint density at radius 1 is 1.11 bits per heavy atom. The first kappa shape index (κ1) is 26.1. The molecular formula is C27H24ClN5O3S. The van der Waals surface area contributed by atoms with Crippen molar-refractivity contribution in [1.82, 2.24) is 9.97 Å². The number of alkyl halides is 1. The lowest BCUT2D eigenvalue weighted by Gasteiger charge is -2.17. The van der Waals surface area contributed by atoms with E-state index in [4.69, 9.17) is 16.3 Å². The van der Waals surface area contributed by atoms with Gasteiger partial charge in [0.05, 0.1) is 11.5 Å². The average Bonchev–Trinajstić information content (AvgIpc) is 3.30. The number of hydrogen-bond donors (Lipinski definition) is 2. The van der Waals surface area contributed by atoms with Gasteiger partial charge in [-0.25, -0.2) is 9.97 Å². The lowest BCUT2D eigenvalue weighted by molar-refractivity contribution is -0.113. The zero-order valence-electron chi connectivity index (χ0n) is 20.5. The summed E-state index contributed by atoms with van der Waals surface area (Å²) in [4.78, 5) is 34.0. The summed E-state index contributed by atoms with van der Waals surface area (Å²) in [6.45, 7) is 5.63. The third-order valence-corrected chi connectivity index (χ3v) is 6.77. The van der Waals surface area contributed by atoms with Gasteiger partial charge >= 0.3 is 0 Å². The van der Waals surface area contributed by atoms with Crippen LogP contribution < -0.4 is 15.4 Å². The Morgan fingerprint density at radius 2 is 1.92 bits per heavy atom. The number of carbonyl (C=O) groups excluding carboxylic acids is 2. The molecule has 8 nitrogen and oxygen atoms in total. The number of hydrogen-bond acceptors (Lipinski definition) is 7. The summed E-state index contributed by atoms with van der Waals surface area (Å²) in [6, 6.07) is 18.2. The molecule has 0 unspecified atom stereocenters. The number of carbonyl (C=O) groups is 2. The highest BCUT2D eigenvalue weighted by Gasteiger charge is 2.21. The number of nitriles is 1. The molecule has 10 heteroatoms. The molecule has 0 saturated carbocycles. The molecule has 2 N–H and O–H groups in total. The van der Waals surface area contributed by atoms with E-state index < -0.39 is 5.41 Å². The van der Waals surface area contributed by atoms with Gasteiger partial charge < -0.3 is 15.4 Å². The van der Waals surface area contributed by atoms with E-state index in [0.29, 0.717) is 44.8 Å². The standard InChI is InChI=1S/C27H24ClN5O3S/c1-4-16-8-9-19(30-24(35)17-6-5-7-18(12-17)27(2,3)15-29)13-21(16)36-23-11-10-20-25(33-23)37-26(31-20)32-22(34)14-28/h5-13H,4,14H2,1-3H3,(H,30,35)(H,31,32,34). The van der Waals surface area contributed by atoms with Crippen LogP contribution in [0, 0.1) is 11.3 Å². The van der Waals surface area contributed by atoms with Crippen LogP contribution in [-0.2, 0) is 16.6 Å². The summed E-state index contributed by atoms with van der Waals surface area (Å²) in [5.41, 5.74) is 2.65. The molecule has 2 aromatic carbocycles. The Morgan fingerprint density at radius 3 is 2.65 bits per heavy atom. The predicted molar refractivity (Wildman–Crippen MR) is 146 cm³/mol. The van der Waals surface area contributed by atoms with Crippen molar-refractivity contribution in [3.63, 3.8) is 0 Å². The van der Waals surface area contributed by atoms with E-state index >= 15 is 0 Å². The van der Waals surface area contributed by atoms with Gasteiger partial charge in [0.2, 0.25) is 11.8 Å². The number of rotatable bonds is 8. The van der Waals surface area contributed by atoms with Crippen molar-refractivity contribution in [2.24, 2.45) is 0 Å². The smallest absolute Gasteiger partial charge is 0.255 e. The van der Waals surface area contributed by atoms with Crippen LogP contribution in [0.5, 0.6) is 11.6 Å². The SMILES string of the molecule is CCc1ccc(NC(=O)c2cccc(C(C)(C)C#N)c2)cc1Oc1ccc2nc(NC(=O)CCl)sc2n1. The van der Waals surface area contributed by atoms with Crippen LogP contribution in [0.2, 0.25) is 0 Å². The topological polar surface area (TPSA) is 117 Å². The molecule has 0 aliphatic carbocycles. The molecule has 0 radical (unpaired) electrons. The van der Waals surface area contributed by atoms with E-state index in [1.165, 1.54) is 11.3 Å². The van der Waals surface area contributed by atoms with E-state index in [0.717, 1.165) is 11.1 Å². The first-order valence-corrected chi connectivity index (χ1v) is 12.8. The van der Waals surface area contributed by atoms with Gasteiger partial charge in [-0.3, -0.25) is 9.59 Å². The third kappa shape index (κ3) is 6.05. The fourth-order valence-corrected chi connectivity index (χ4v) is 4.42. The van der Waals surface area contributed by atoms with Crippen molar-refractivity contribution in [3.8, 4) is 17.7 Å². The number of pyridine rings is 1. The van der Waals surface area contributed by atoms with Crippen molar-refractivity contribution in [3.05, 3.63) is 71.3 Å². The number of nitrogens with zero attached hydrogens (tertiary/aromatic N) is 3. The molecule has 2 amide bonds. The van der Waals surface area contributed by atoms with Crippen LogP contribution >= 0.6 is 22.9 Å². The largest absolute Gasteiger partial charge is 0.439 e. The molecule has 0 atom stereocenters. The van der Waals surface area contributed by atoms with Gasteiger partial charge in [0, 0.05) is 23.4 Å². The maximum Gasteiger partial charge on any atom is 0.255 e. The lowest BCUT2D eigenvalue weighted by Crippen LogP contribution is -2.17. The number of amides is 2. The van der Waals surface area contributed by atoms with Gasteiger partial charge in [-0.05, 0) is 55.7 Å². The molecule has 37 heavy (non-hydrogen) atoms. The minimum atomic E-state index is -0.706. The van der Waals surface area contributed by atoms with Crippen molar-refractivity contribution in [1.29, 1.82) is 5.26 Å². The van der Waals surface area contributed by atoms with E-state index in [1.807, 2.05) is 39.0 Å². The van der Waals surface area contributed by atoms with Crippen LogP contribution in [0.1, 0.15) is 42.3 Å². The van der Waals surface area contributed by atoms with Gasteiger partial charge in [-0.1, -0.05) is 36.5 Å². The van der Waals surface area contributed by atoms with Gasteiger partial charge in [-0.2, -0.15) is 5.26 Å². The predicted octanol–water partition coefficient (Wildman–Crippen LogP) is 6.28. The highest BCUT2D eigenvalue weighted by Crippen LogP contribution is 2.32. The second-order valence-corrected chi connectivity index (χ2v) is 9.97. The van der Waals surface area contributed by atoms with Crippen LogP contribution in [0.15, 0.2) is 54.6 Å². The number of thiazole rings is 1. The van der Waals surface area contributed by atoms with Gasteiger partial charge in [0.1, 0.15) is 22.0 Å². The number of halogens is 1. The quantitative estimate of drug-likeness (QED) is 0.257. The zero-order chi connectivity index (χ0) is 26.6. The number of nitrogens with one attached hydrogen (secondary N) is 2. The highest BCUT2D eigenvalue weighted by molar-refractivity contribution is 7.22. The molecule has 4 rings (SSSR count). The number of aromatic nitrogens is 2. The van der Waals surface area contributed by atoms with Crippen LogP contribution in [0.4, 0.5) is 10.8 Å². The Balaban J connectivity index is 1.55. The molecule has 0 bridgehead atoms. The monoisotopic (exact) mass is 533 g/mol. The Bertz CT molecular complexity index is 1530. The van der Waals surface area contributed by atoms with Crippen LogP contribution in [0.3, 0.4) is 0 Å². The first-order valence-electron chi connectivity index (χ1n) is 11.5. The average molecular weight is 534 g/mol. The molecular weight excluding hydrogens is 510 g/mol. The summed E-state index contributed by atoms with van der Waals surface area (Å²) in [7, 11) is 0. The van der Waals surface area contributed by atoms with E-state index in [9.17, 15) is 14.9 Å². The molecule has 0 aliphatic rings. The fourth-order valence-electron chi connectivity index (χ4n) is 3.51. The molecule has 4 aromatic rings. The normalized spacial score (nSPS) is 11.1. The fraction of sp³-hybridized carbons (Fsp3) is 0.222. The van der Waals surface area contributed by atoms with E-state index in [2.05, 4.69) is 26.7 Å². The summed E-state index contributed by atoms with van der Waals surface area (Å²) in [6.07, 6.45) is 0.715. The van der Waals surface area contributed by atoms with Crippen LogP contribution in [-0.4, -0.2) is 27.7 Å². The molecule has 0 saturated heterocycles. The van der Waals surface area contributed by atoms with Crippen molar-refractivity contribution < 1.29 is 14.3 Å². The summed E-state index contributed by atoms with van der Waals surface area (Å²) in [5, 5.41) is 15.4. The number of fused-ring (bicyclic) bond motifs is 1. The Labute approximate surface area is 223 Å². The summed E-state index contributed by atoms with van der Waals surface area (Å²) < 4.78 is 6.10.